The van der Waals surface area contributed by atoms with Crippen molar-refractivity contribution in [2.75, 3.05) is 7.11 Å². The molecule has 0 spiro atoms. The van der Waals surface area contributed by atoms with Crippen molar-refractivity contribution in [3.05, 3.63) is 82.9 Å². The minimum Gasteiger partial charge on any atom is -0.465 e. The highest BCUT2D eigenvalue weighted by Crippen LogP contribution is 2.27. The molecular weight excluding hydrogens is 350 g/mol. The summed E-state index contributed by atoms with van der Waals surface area (Å²) in [5.74, 6) is -0.479. The molecule has 0 saturated heterocycles. The molecule has 0 aromatic heterocycles. The Balaban J connectivity index is 2.37. The van der Waals surface area contributed by atoms with Crippen LogP contribution in [0.15, 0.2) is 66.2 Å². The predicted molar refractivity (Wildman–Crippen MR) is 112 cm³/mol. The molecule has 4 nitrogen and oxygen atoms in total. The molecule has 0 fully saturated rings. The molecule has 2 aromatic carbocycles. The Kier molecular flexibility index (Phi) is 8.47. The van der Waals surface area contributed by atoms with E-state index in [9.17, 15) is 9.59 Å². The Hall–Kier alpha value is -2.88. The van der Waals surface area contributed by atoms with Crippen LogP contribution < -0.4 is 5.32 Å². The minimum atomic E-state index is -0.369. The van der Waals surface area contributed by atoms with Gasteiger partial charge in [0.25, 0.3) is 5.91 Å². The molecule has 0 bridgehead atoms. The number of hydrogen-bond donors (Lipinski definition) is 1. The maximum absolute atomic E-state index is 12.8. The number of methoxy groups -OCH3 is 1. The van der Waals surface area contributed by atoms with Crippen LogP contribution in [0.5, 0.6) is 0 Å². The van der Waals surface area contributed by atoms with Gasteiger partial charge < -0.3 is 10.1 Å². The van der Waals surface area contributed by atoms with Crippen molar-refractivity contribution < 1.29 is 14.3 Å². The van der Waals surface area contributed by atoms with Crippen LogP contribution in [0.1, 0.15) is 71.9 Å². The first-order chi connectivity index (χ1) is 13.6. The number of ether oxygens (including phenoxy) is 1. The molecule has 4 heteroatoms. The van der Waals surface area contributed by atoms with Gasteiger partial charge in [0, 0.05) is 5.56 Å². The first-order valence-corrected chi connectivity index (χ1v) is 9.83. The highest BCUT2D eigenvalue weighted by atomic mass is 16.5. The summed E-state index contributed by atoms with van der Waals surface area (Å²) in [4.78, 5) is 24.6. The third-order valence-corrected chi connectivity index (χ3v) is 4.58. The van der Waals surface area contributed by atoms with Gasteiger partial charge in [0.2, 0.25) is 0 Å². The lowest BCUT2D eigenvalue weighted by Crippen LogP contribution is -2.30. The number of hydrogen-bond acceptors (Lipinski definition) is 3. The summed E-state index contributed by atoms with van der Waals surface area (Å²) < 4.78 is 4.78. The van der Waals surface area contributed by atoms with Gasteiger partial charge >= 0.3 is 5.97 Å². The van der Waals surface area contributed by atoms with Crippen molar-refractivity contribution in [2.45, 2.75) is 45.6 Å². The summed E-state index contributed by atoms with van der Waals surface area (Å²) >= 11 is 0. The average molecular weight is 380 g/mol. The van der Waals surface area contributed by atoms with Gasteiger partial charge in [-0.25, -0.2) is 4.79 Å². The molecule has 2 rings (SSSR count). The number of nitrogens with one attached hydrogen (secondary N) is 1. The molecule has 1 atom stereocenters. The molecule has 148 valence electrons. The van der Waals surface area contributed by atoms with Gasteiger partial charge in [0.05, 0.1) is 18.7 Å². The Morgan fingerprint density at radius 1 is 0.964 bits per heavy atom. The molecule has 0 heterocycles. The second-order valence-corrected chi connectivity index (χ2v) is 6.70. The second-order valence-electron chi connectivity index (χ2n) is 6.70. The number of amides is 1. The maximum Gasteiger partial charge on any atom is 0.337 e. The number of carbonyl (C=O) groups excluding carboxylic acids is 2. The number of carbonyl (C=O) groups is 2. The fourth-order valence-electron chi connectivity index (χ4n) is 3.11. The van der Waals surface area contributed by atoms with Crippen LogP contribution in [0.4, 0.5) is 0 Å². The topological polar surface area (TPSA) is 55.4 Å². The maximum atomic E-state index is 12.8. The van der Waals surface area contributed by atoms with Gasteiger partial charge in [-0.05, 0) is 48.2 Å². The van der Waals surface area contributed by atoms with Gasteiger partial charge in [-0.15, -0.1) is 0 Å². The third-order valence-electron chi connectivity index (χ3n) is 4.58. The van der Waals surface area contributed by atoms with Crippen molar-refractivity contribution in [3.63, 3.8) is 0 Å². The van der Waals surface area contributed by atoms with Crippen molar-refractivity contribution in [2.24, 2.45) is 0 Å². The van der Waals surface area contributed by atoms with E-state index in [2.05, 4.69) is 25.2 Å². The summed E-state index contributed by atoms with van der Waals surface area (Å²) in [6.45, 7) is 4.28. The lowest BCUT2D eigenvalue weighted by Gasteiger charge is -2.23. The zero-order valence-corrected chi connectivity index (χ0v) is 16.9. The monoisotopic (exact) mass is 379 g/mol. The highest BCUT2D eigenvalue weighted by Gasteiger charge is 2.20. The van der Waals surface area contributed by atoms with Crippen LogP contribution in [0.25, 0.3) is 0 Å². The fourth-order valence-corrected chi connectivity index (χ4v) is 3.11. The summed E-state index contributed by atoms with van der Waals surface area (Å²) in [7, 11) is 1.37. The Labute approximate surface area is 167 Å². The summed E-state index contributed by atoms with van der Waals surface area (Å²) in [6, 6.07) is 16.2. The SMILES string of the molecule is CCC/C=C(\CCC)[C@@H](NC(=O)c1ccccc1)c1ccc(C(=O)OC)cc1. The standard InChI is InChI=1S/C24H29NO3/c1-4-6-11-18(10-5-2)22(25-23(26)20-12-8-7-9-13-20)19-14-16-21(17-15-19)24(27)28-3/h7-9,11-17,22H,4-6,10H2,1-3H3,(H,25,26)/b18-11+/t22-/m1/s1. The molecule has 0 aliphatic rings. The molecule has 28 heavy (non-hydrogen) atoms. The van der Waals surface area contributed by atoms with E-state index in [0.29, 0.717) is 11.1 Å². The Bertz CT molecular complexity index is 794. The first-order valence-electron chi connectivity index (χ1n) is 9.83. The molecule has 2 aromatic rings. The van der Waals surface area contributed by atoms with Gasteiger partial charge in [0.15, 0.2) is 0 Å². The van der Waals surface area contributed by atoms with Crippen LogP contribution in [0.3, 0.4) is 0 Å². The lowest BCUT2D eigenvalue weighted by molar-refractivity contribution is 0.0600. The largest absolute Gasteiger partial charge is 0.465 e. The Morgan fingerprint density at radius 2 is 1.64 bits per heavy atom. The lowest BCUT2D eigenvalue weighted by atomic mass is 9.93. The summed E-state index contributed by atoms with van der Waals surface area (Å²) in [5, 5.41) is 3.18. The molecule has 0 unspecified atom stereocenters. The number of unbranched alkanes of at least 4 members (excludes halogenated alkanes) is 1. The minimum absolute atomic E-state index is 0.110. The van der Waals surface area contributed by atoms with Crippen molar-refractivity contribution in [3.8, 4) is 0 Å². The van der Waals surface area contributed by atoms with E-state index < -0.39 is 0 Å². The van der Waals surface area contributed by atoms with E-state index in [1.165, 1.54) is 12.7 Å². The van der Waals surface area contributed by atoms with Crippen LogP contribution in [0.2, 0.25) is 0 Å². The van der Waals surface area contributed by atoms with Crippen LogP contribution in [-0.2, 0) is 4.74 Å². The Morgan fingerprint density at radius 3 is 2.21 bits per heavy atom. The van der Waals surface area contributed by atoms with Crippen molar-refractivity contribution in [1.82, 2.24) is 5.32 Å². The van der Waals surface area contributed by atoms with E-state index >= 15 is 0 Å². The number of rotatable bonds is 9. The first kappa shape index (κ1) is 21.4. The fraction of sp³-hybridized carbons (Fsp3) is 0.333. The van der Waals surface area contributed by atoms with Crippen molar-refractivity contribution >= 4 is 11.9 Å². The van der Waals surface area contributed by atoms with Crippen LogP contribution in [0, 0.1) is 0 Å². The molecule has 0 radical (unpaired) electrons. The smallest absolute Gasteiger partial charge is 0.337 e. The van der Waals surface area contributed by atoms with E-state index in [1.54, 1.807) is 12.1 Å². The number of allylic oxidation sites excluding steroid dienone is 1. The normalized spacial score (nSPS) is 12.3. The van der Waals surface area contributed by atoms with E-state index in [-0.39, 0.29) is 17.9 Å². The van der Waals surface area contributed by atoms with Gasteiger partial charge in [0.1, 0.15) is 0 Å². The van der Waals surface area contributed by atoms with Crippen LogP contribution >= 0.6 is 0 Å². The molecule has 0 aliphatic carbocycles. The van der Waals surface area contributed by atoms with Crippen LogP contribution in [-0.4, -0.2) is 19.0 Å². The number of esters is 1. The molecule has 1 N–H and O–H groups in total. The zero-order chi connectivity index (χ0) is 20.4. The number of benzene rings is 2. The zero-order valence-electron chi connectivity index (χ0n) is 16.9. The highest BCUT2D eigenvalue weighted by molar-refractivity contribution is 5.94. The van der Waals surface area contributed by atoms with Gasteiger partial charge in [-0.3, -0.25) is 4.79 Å². The molecule has 1 amide bonds. The van der Waals surface area contributed by atoms with E-state index in [0.717, 1.165) is 31.2 Å². The molecule has 0 aliphatic heterocycles. The van der Waals surface area contributed by atoms with Gasteiger partial charge in [-0.2, -0.15) is 0 Å². The quantitative estimate of drug-likeness (QED) is 0.464. The molecule has 0 saturated carbocycles. The van der Waals surface area contributed by atoms with Crippen molar-refractivity contribution in [1.29, 1.82) is 0 Å². The second kappa shape index (κ2) is 11.1. The third kappa shape index (κ3) is 5.81. The van der Waals surface area contributed by atoms with E-state index in [1.807, 2.05) is 42.5 Å². The summed E-state index contributed by atoms with van der Waals surface area (Å²) in [6.07, 6.45) is 6.14. The van der Waals surface area contributed by atoms with E-state index in [4.69, 9.17) is 4.74 Å². The summed E-state index contributed by atoms with van der Waals surface area (Å²) in [5.41, 5.74) is 3.27. The molecular formula is C24H29NO3. The van der Waals surface area contributed by atoms with Gasteiger partial charge in [-0.1, -0.05) is 63.1 Å². The predicted octanol–water partition coefficient (Wildman–Crippen LogP) is 5.47. The average Bonchev–Trinajstić information content (AvgIpc) is 2.75.